The average Bonchev–Trinajstić information content (AvgIpc) is 2.85. The van der Waals surface area contributed by atoms with Crippen LogP contribution in [0.25, 0.3) is 0 Å². The smallest absolute Gasteiger partial charge is 0.232 e. The molecule has 2 aromatic rings. The average molecular weight is 490 g/mol. The van der Waals surface area contributed by atoms with Crippen LogP contribution in [-0.4, -0.2) is 66.6 Å². The molecule has 0 radical (unpaired) electrons. The molecule has 9 nitrogen and oxygen atoms in total. The Kier molecular flexibility index (Phi) is 7.79. The third kappa shape index (κ3) is 6.32. The second-order valence-electron chi connectivity index (χ2n) is 8.31. The Morgan fingerprint density at radius 3 is 2.41 bits per heavy atom. The van der Waals surface area contributed by atoms with Crippen LogP contribution in [-0.2, 0) is 26.1 Å². The first-order chi connectivity index (χ1) is 16.4. The van der Waals surface area contributed by atoms with Crippen LogP contribution in [0.3, 0.4) is 0 Å². The summed E-state index contributed by atoms with van der Waals surface area (Å²) >= 11 is 0. The second-order valence-corrected chi connectivity index (χ2v) is 10.2. The van der Waals surface area contributed by atoms with Crippen molar-refractivity contribution in [1.29, 1.82) is 0 Å². The minimum absolute atomic E-state index is 0.118. The molecule has 2 aromatic carbocycles. The number of rotatable bonds is 9. The predicted molar refractivity (Wildman–Crippen MR) is 130 cm³/mol. The summed E-state index contributed by atoms with van der Waals surface area (Å²) in [6.45, 7) is 4.76. The molecule has 10 heteroatoms. The van der Waals surface area contributed by atoms with E-state index in [0.717, 1.165) is 43.8 Å². The molecule has 184 valence electrons. The van der Waals surface area contributed by atoms with E-state index in [0.29, 0.717) is 43.4 Å². The fraction of sp³-hybridized carbons (Fsp3) is 0.458. The molecule has 4 rings (SSSR count). The number of hydrogen-bond acceptors (Lipinski definition) is 7. The van der Waals surface area contributed by atoms with Crippen molar-refractivity contribution < 1.29 is 27.4 Å². The zero-order valence-electron chi connectivity index (χ0n) is 19.4. The maximum absolute atomic E-state index is 12.4. The number of carbonyl (C=O) groups excluding carboxylic acids is 1. The van der Waals surface area contributed by atoms with E-state index >= 15 is 0 Å². The minimum Gasteiger partial charge on any atom is -0.486 e. The van der Waals surface area contributed by atoms with E-state index in [1.165, 1.54) is 4.31 Å². The van der Waals surface area contributed by atoms with Gasteiger partial charge in [0.1, 0.15) is 13.2 Å². The van der Waals surface area contributed by atoms with Gasteiger partial charge < -0.3 is 24.4 Å². The quantitative estimate of drug-likeness (QED) is 0.577. The van der Waals surface area contributed by atoms with E-state index in [1.807, 2.05) is 12.1 Å². The van der Waals surface area contributed by atoms with Crippen molar-refractivity contribution in [2.75, 3.05) is 61.5 Å². The highest BCUT2D eigenvalue weighted by molar-refractivity contribution is 7.92. The van der Waals surface area contributed by atoms with Gasteiger partial charge in [-0.25, -0.2) is 8.42 Å². The number of nitrogens with zero attached hydrogens (tertiary/aromatic N) is 2. The standard InChI is InChI=1S/C24H31N3O6S/c1-34(29,30)27(21-8-9-22-23(17-21)33-16-15-32-22)10-2-3-24(28)25-18-19-4-6-20(7-5-19)26-11-13-31-14-12-26/h4-9,17H,2-3,10-16,18H2,1H3,(H,25,28). The van der Waals surface area contributed by atoms with Crippen molar-refractivity contribution in [2.45, 2.75) is 19.4 Å². The van der Waals surface area contributed by atoms with Gasteiger partial charge in [-0.3, -0.25) is 9.10 Å². The molecule has 2 aliphatic heterocycles. The van der Waals surface area contributed by atoms with Gasteiger partial charge in [-0.1, -0.05) is 12.1 Å². The van der Waals surface area contributed by atoms with Crippen LogP contribution in [0.15, 0.2) is 42.5 Å². The summed E-state index contributed by atoms with van der Waals surface area (Å²) in [6, 6.07) is 13.2. The molecule has 0 saturated carbocycles. The van der Waals surface area contributed by atoms with E-state index in [1.54, 1.807) is 18.2 Å². The highest BCUT2D eigenvalue weighted by atomic mass is 32.2. The van der Waals surface area contributed by atoms with Crippen molar-refractivity contribution >= 4 is 27.3 Å². The molecule has 34 heavy (non-hydrogen) atoms. The van der Waals surface area contributed by atoms with Gasteiger partial charge in [0.15, 0.2) is 11.5 Å². The first-order valence-electron chi connectivity index (χ1n) is 11.5. The van der Waals surface area contributed by atoms with Crippen LogP contribution in [0.5, 0.6) is 11.5 Å². The third-order valence-electron chi connectivity index (χ3n) is 5.78. The highest BCUT2D eigenvalue weighted by Gasteiger charge is 2.21. The zero-order valence-corrected chi connectivity index (χ0v) is 20.2. The zero-order chi connectivity index (χ0) is 24.0. The monoisotopic (exact) mass is 489 g/mol. The summed E-state index contributed by atoms with van der Waals surface area (Å²) in [5.41, 5.74) is 2.66. The van der Waals surface area contributed by atoms with Gasteiger partial charge in [0.2, 0.25) is 15.9 Å². The number of nitrogens with one attached hydrogen (secondary N) is 1. The van der Waals surface area contributed by atoms with E-state index in [-0.39, 0.29) is 18.9 Å². The molecular weight excluding hydrogens is 458 g/mol. The van der Waals surface area contributed by atoms with Gasteiger partial charge in [-0.15, -0.1) is 0 Å². The molecule has 0 spiro atoms. The van der Waals surface area contributed by atoms with Crippen molar-refractivity contribution in [3.05, 3.63) is 48.0 Å². The molecule has 2 aliphatic rings. The first-order valence-corrected chi connectivity index (χ1v) is 13.3. The molecule has 0 unspecified atom stereocenters. The number of morpholine rings is 1. The first kappa shape index (κ1) is 24.2. The van der Waals surface area contributed by atoms with Gasteiger partial charge in [0.25, 0.3) is 0 Å². The second kappa shape index (κ2) is 11.0. The van der Waals surface area contributed by atoms with E-state index in [2.05, 4.69) is 22.3 Å². The number of carbonyl (C=O) groups is 1. The third-order valence-corrected chi connectivity index (χ3v) is 6.98. The lowest BCUT2D eigenvalue weighted by molar-refractivity contribution is -0.121. The lowest BCUT2D eigenvalue weighted by atomic mass is 10.2. The Balaban J connectivity index is 1.26. The van der Waals surface area contributed by atoms with Crippen LogP contribution < -0.4 is 24.0 Å². The number of ether oxygens (including phenoxy) is 3. The summed E-state index contributed by atoms with van der Waals surface area (Å²) in [4.78, 5) is 14.6. The Morgan fingerprint density at radius 1 is 1.00 bits per heavy atom. The lowest BCUT2D eigenvalue weighted by Gasteiger charge is -2.28. The molecule has 0 aliphatic carbocycles. The van der Waals surface area contributed by atoms with Crippen molar-refractivity contribution in [2.24, 2.45) is 0 Å². The molecule has 0 aromatic heterocycles. The van der Waals surface area contributed by atoms with Crippen molar-refractivity contribution in [3.8, 4) is 11.5 Å². The Labute approximate surface area is 200 Å². The van der Waals surface area contributed by atoms with Gasteiger partial charge in [-0.2, -0.15) is 0 Å². The number of amides is 1. The SMILES string of the molecule is CS(=O)(=O)N(CCCC(=O)NCc1ccc(N2CCOCC2)cc1)c1ccc2c(c1)OCCO2. The van der Waals surface area contributed by atoms with Crippen LogP contribution in [0, 0.1) is 0 Å². The van der Waals surface area contributed by atoms with Crippen molar-refractivity contribution in [1.82, 2.24) is 5.32 Å². The van der Waals surface area contributed by atoms with Crippen LogP contribution >= 0.6 is 0 Å². The molecule has 1 N–H and O–H groups in total. The maximum Gasteiger partial charge on any atom is 0.232 e. The lowest BCUT2D eigenvalue weighted by Crippen LogP contribution is -2.36. The molecule has 1 amide bonds. The van der Waals surface area contributed by atoms with Gasteiger partial charge in [0.05, 0.1) is 25.2 Å². The van der Waals surface area contributed by atoms with Crippen molar-refractivity contribution in [3.63, 3.8) is 0 Å². The number of hydrogen-bond donors (Lipinski definition) is 1. The molecular formula is C24H31N3O6S. The van der Waals surface area contributed by atoms with E-state index in [4.69, 9.17) is 14.2 Å². The normalized spacial score (nSPS) is 15.6. The summed E-state index contributed by atoms with van der Waals surface area (Å²) in [6.07, 6.45) is 1.77. The molecule has 0 bridgehead atoms. The minimum atomic E-state index is -3.52. The Hall–Kier alpha value is -2.98. The summed E-state index contributed by atoms with van der Waals surface area (Å²) < 4.78 is 42.5. The fourth-order valence-corrected chi connectivity index (χ4v) is 4.95. The van der Waals surface area contributed by atoms with Crippen LogP contribution in [0.4, 0.5) is 11.4 Å². The Morgan fingerprint density at radius 2 is 1.71 bits per heavy atom. The molecule has 1 saturated heterocycles. The molecule has 2 heterocycles. The summed E-state index contributed by atoms with van der Waals surface area (Å²) in [5.74, 6) is 1.00. The Bertz CT molecular complexity index is 1080. The number of fused-ring (bicyclic) bond motifs is 1. The van der Waals surface area contributed by atoms with Gasteiger partial charge in [-0.05, 0) is 36.2 Å². The van der Waals surface area contributed by atoms with Gasteiger partial charge >= 0.3 is 0 Å². The number of benzene rings is 2. The molecule has 0 atom stereocenters. The number of sulfonamides is 1. The van der Waals surface area contributed by atoms with Crippen LogP contribution in [0.2, 0.25) is 0 Å². The maximum atomic E-state index is 12.4. The summed E-state index contributed by atoms with van der Waals surface area (Å²) in [7, 11) is -3.52. The largest absolute Gasteiger partial charge is 0.486 e. The van der Waals surface area contributed by atoms with Gasteiger partial charge in [0, 0.05) is 44.4 Å². The van der Waals surface area contributed by atoms with Crippen LogP contribution in [0.1, 0.15) is 18.4 Å². The topological polar surface area (TPSA) is 97.4 Å². The number of anilines is 2. The fourth-order valence-electron chi connectivity index (χ4n) is 3.99. The highest BCUT2D eigenvalue weighted by Crippen LogP contribution is 2.34. The van der Waals surface area contributed by atoms with E-state index in [9.17, 15) is 13.2 Å². The molecule has 1 fully saturated rings. The predicted octanol–water partition coefficient (Wildman–Crippen LogP) is 2.16. The summed E-state index contributed by atoms with van der Waals surface area (Å²) in [5, 5.41) is 2.91. The van der Waals surface area contributed by atoms with E-state index < -0.39 is 10.0 Å².